The summed E-state index contributed by atoms with van der Waals surface area (Å²) < 4.78 is 44.4. The van der Waals surface area contributed by atoms with E-state index in [1.165, 1.54) is 6.92 Å². The molecule has 6 nitrogen and oxygen atoms in total. The maximum atomic E-state index is 12.9. The van der Waals surface area contributed by atoms with Gasteiger partial charge >= 0.3 is 5.97 Å². The van der Waals surface area contributed by atoms with Crippen molar-refractivity contribution >= 4 is 21.8 Å². The summed E-state index contributed by atoms with van der Waals surface area (Å²) >= 11 is 0. The zero-order chi connectivity index (χ0) is 20.2. The lowest BCUT2D eigenvalue weighted by Crippen LogP contribution is -2.40. The molecule has 0 saturated carbocycles. The Morgan fingerprint density at radius 2 is 1.74 bits per heavy atom. The van der Waals surface area contributed by atoms with Crippen molar-refractivity contribution in [3.05, 3.63) is 65.0 Å². The van der Waals surface area contributed by atoms with Crippen molar-refractivity contribution in [2.75, 3.05) is 6.61 Å². The van der Waals surface area contributed by atoms with Gasteiger partial charge in [0.2, 0.25) is 15.8 Å². The van der Waals surface area contributed by atoms with Crippen LogP contribution in [0.3, 0.4) is 0 Å². The summed E-state index contributed by atoms with van der Waals surface area (Å²) in [4.78, 5) is 24.1. The van der Waals surface area contributed by atoms with Crippen molar-refractivity contribution in [3.8, 4) is 0 Å². The standard InChI is InChI=1S/C19H20FNO5S/c1-12-4-5-13(2)17(10-12)18(22)11-26-19(23)14(3)21-27(24,25)16-8-6-15(20)7-9-16/h4-10,14,21H,11H2,1-3H3/t14-/m0/s1. The Balaban J connectivity index is 1.98. The second-order valence-corrected chi connectivity index (χ2v) is 7.86. The summed E-state index contributed by atoms with van der Waals surface area (Å²) in [5.41, 5.74) is 2.10. The molecule has 0 radical (unpaired) electrons. The fourth-order valence-corrected chi connectivity index (χ4v) is 3.53. The predicted molar refractivity (Wildman–Crippen MR) is 97.4 cm³/mol. The van der Waals surface area contributed by atoms with E-state index >= 15 is 0 Å². The normalized spacial score (nSPS) is 12.4. The minimum Gasteiger partial charge on any atom is -0.456 e. The number of aryl methyl sites for hydroxylation is 2. The van der Waals surface area contributed by atoms with E-state index in [0.717, 1.165) is 35.4 Å². The highest BCUT2D eigenvalue weighted by Gasteiger charge is 2.24. The van der Waals surface area contributed by atoms with Crippen molar-refractivity contribution in [2.45, 2.75) is 31.7 Å². The number of esters is 1. The molecule has 27 heavy (non-hydrogen) atoms. The van der Waals surface area contributed by atoms with E-state index in [0.29, 0.717) is 5.56 Å². The molecule has 0 aliphatic heterocycles. The van der Waals surface area contributed by atoms with Gasteiger partial charge in [-0.3, -0.25) is 9.59 Å². The predicted octanol–water partition coefficient (Wildman–Crippen LogP) is 2.54. The molecular formula is C19H20FNO5S. The fraction of sp³-hybridized carbons (Fsp3) is 0.263. The SMILES string of the molecule is Cc1ccc(C)c(C(=O)COC(=O)[C@H](C)NS(=O)(=O)c2ccc(F)cc2)c1. The van der Waals surface area contributed by atoms with Gasteiger partial charge in [0.05, 0.1) is 4.90 Å². The van der Waals surface area contributed by atoms with Gasteiger partial charge in [-0.1, -0.05) is 17.7 Å². The zero-order valence-electron chi connectivity index (χ0n) is 15.2. The molecule has 0 unspecified atom stereocenters. The molecule has 8 heteroatoms. The van der Waals surface area contributed by atoms with E-state index in [1.807, 2.05) is 13.0 Å². The minimum atomic E-state index is -4.03. The van der Waals surface area contributed by atoms with Gasteiger partial charge in [-0.2, -0.15) is 4.72 Å². The van der Waals surface area contributed by atoms with Crippen molar-refractivity contribution in [1.82, 2.24) is 4.72 Å². The molecule has 1 N–H and O–H groups in total. The first-order chi connectivity index (χ1) is 12.6. The van der Waals surface area contributed by atoms with Crippen LogP contribution in [-0.2, 0) is 19.6 Å². The molecule has 0 spiro atoms. The lowest BCUT2D eigenvalue weighted by atomic mass is 10.0. The summed E-state index contributed by atoms with van der Waals surface area (Å²) in [6.45, 7) is 4.42. The number of rotatable bonds is 7. The number of hydrogen-bond donors (Lipinski definition) is 1. The summed E-state index contributed by atoms with van der Waals surface area (Å²) in [6.07, 6.45) is 0. The Bertz CT molecular complexity index is 955. The number of ketones is 1. The number of carbonyl (C=O) groups is 2. The Kier molecular flexibility index (Phi) is 6.45. The Morgan fingerprint density at radius 1 is 1.11 bits per heavy atom. The van der Waals surface area contributed by atoms with Crippen molar-refractivity contribution in [2.24, 2.45) is 0 Å². The van der Waals surface area contributed by atoms with Crippen LogP contribution in [0.15, 0.2) is 47.4 Å². The molecule has 144 valence electrons. The van der Waals surface area contributed by atoms with E-state index in [1.54, 1.807) is 19.1 Å². The number of carbonyl (C=O) groups excluding carboxylic acids is 2. The lowest BCUT2D eigenvalue weighted by molar-refractivity contribution is -0.144. The molecular weight excluding hydrogens is 373 g/mol. The first-order valence-corrected chi connectivity index (χ1v) is 9.63. The van der Waals surface area contributed by atoms with Gasteiger partial charge < -0.3 is 4.74 Å². The monoisotopic (exact) mass is 393 g/mol. The quantitative estimate of drug-likeness (QED) is 0.577. The molecule has 2 aromatic rings. The summed E-state index contributed by atoms with van der Waals surface area (Å²) in [6, 6.07) is 8.31. The largest absolute Gasteiger partial charge is 0.456 e. The van der Waals surface area contributed by atoms with Crippen molar-refractivity contribution < 1.29 is 27.1 Å². The van der Waals surface area contributed by atoms with Crippen LogP contribution in [0.1, 0.15) is 28.4 Å². The van der Waals surface area contributed by atoms with Gasteiger partial charge in [-0.25, -0.2) is 12.8 Å². The molecule has 0 heterocycles. The Labute approximate surface area is 157 Å². The first-order valence-electron chi connectivity index (χ1n) is 8.15. The second-order valence-electron chi connectivity index (χ2n) is 6.15. The minimum absolute atomic E-state index is 0.185. The molecule has 2 aromatic carbocycles. The van der Waals surface area contributed by atoms with Crippen LogP contribution in [0.2, 0.25) is 0 Å². The average Bonchev–Trinajstić information content (AvgIpc) is 2.61. The van der Waals surface area contributed by atoms with Crippen LogP contribution in [-0.4, -0.2) is 32.8 Å². The number of nitrogens with one attached hydrogen (secondary N) is 1. The third-order valence-corrected chi connectivity index (χ3v) is 5.41. The number of benzene rings is 2. The average molecular weight is 393 g/mol. The highest BCUT2D eigenvalue weighted by atomic mass is 32.2. The Hall–Kier alpha value is -2.58. The van der Waals surface area contributed by atoms with E-state index < -0.39 is 34.5 Å². The van der Waals surface area contributed by atoms with E-state index in [2.05, 4.69) is 4.72 Å². The van der Waals surface area contributed by atoms with Crippen LogP contribution < -0.4 is 4.72 Å². The van der Waals surface area contributed by atoms with Gasteiger partial charge in [-0.05, 0) is 56.7 Å². The first kappa shape index (κ1) is 20.7. The molecule has 0 bridgehead atoms. The lowest BCUT2D eigenvalue weighted by Gasteiger charge is -2.14. The topological polar surface area (TPSA) is 89.5 Å². The maximum Gasteiger partial charge on any atom is 0.324 e. The highest BCUT2D eigenvalue weighted by molar-refractivity contribution is 7.89. The molecule has 1 atom stereocenters. The number of halogens is 1. The summed E-state index contributed by atoms with van der Waals surface area (Å²) in [7, 11) is -4.03. The van der Waals surface area contributed by atoms with Crippen LogP contribution >= 0.6 is 0 Å². The molecule has 0 aliphatic carbocycles. The fourth-order valence-electron chi connectivity index (χ4n) is 2.34. The van der Waals surface area contributed by atoms with Crippen LogP contribution in [0.4, 0.5) is 4.39 Å². The maximum absolute atomic E-state index is 12.9. The molecule has 0 amide bonds. The van der Waals surface area contributed by atoms with Crippen LogP contribution in [0.5, 0.6) is 0 Å². The zero-order valence-corrected chi connectivity index (χ0v) is 16.0. The van der Waals surface area contributed by atoms with Gasteiger partial charge in [0.15, 0.2) is 6.61 Å². The van der Waals surface area contributed by atoms with Crippen LogP contribution in [0.25, 0.3) is 0 Å². The third kappa shape index (κ3) is 5.45. The van der Waals surface area contributed by atoms with Crippen LogP contribution in [0, 0.1) is 19.7 Å². The summed E-state index contributed by atoms with van der Waals surface area (Å²) in [5.74, 6) is -1.84. The van der Waals surface area contributed by atoms with Crippen molar-refractivity contribution in [1.29, 1.82) is 0 Å². The van der Waals surface area contributed by atoms with Gasteiger partial charge in [0.1, 0.15) is 11.9 Å². The second kappa shape index (κ2) is 8.41. The number of sulfonamides is 1. The Morgan fingerprint density at radius 3 is 2.37 bits per heavy atom. The van der Waals surface area contributed by atoms with Crippen molar-refractivity contribution in [3.63, 3.8) is 0 Å². The number of hydrogen-bond acceptors (Lipinski definition) is 5. The molecule has 0 saturated heterocycles. The van der Waals surface area contributed by atoms with Gasteiger partial charge in [0, 0.05) is 5.56 Å². The van der Waals surface area contributed by atoms with Gasteiger partial charge in [0.25, 0.3) is 0 Å². The van der Waals surface area contributed by atoms with Gasteiger partial charge in [-0.15, -0.1) is 0 Å². The highest BCUT2D eigenvalue weighted by Crippen LogP contribution is 2.13. The van der Waals surface area contributed by atoms with E-state index in [-0.39, 0.29) is 10.7 Å². The molecule has 0 aliphatic rings. The molecule has 0 aromatic heterocycles. The smallest absolute Gasteiger partial charge is 0.324 e. The molecule has 2 rings (SSSR count). The van der Waals surface area contributed by atoms with E-state index in [4.69, 9.17) is 4.74 Å². The molecule has 0 fully saturated rings. The number of ether oxygens (including phenoxy) is 1. The summed E-state index contributed by atoms with van der Waals surface area (Å²) in [5, 5.41) is 0. The van der Waals surface area contributed by atoms with E-state index in [9.17, 15) is 22.4 Å². The third-order valence-electron chi connectivity index (χ3n) is 3.85. The number of Topliss-reactive ketones (excluding diaryl/α,β-unsaturated/α-hetero) is 1.